The van der Waals surface area contributed by atoms with Crippen LogP contribution in [-0.4, -0.2) is 54.9 Å². The molecule has 0 aliphatic carbocycles. The van der Waals surface area contributed by atoms with Gasteiger partial charge in [-0.1, -0.05) is 12.1 Å². The number of ether oxygens (including phenoxy) is 2. The van der Waals surface area contributed by atoms with Gasteiger partial charge in [-0.3, -0.25) is 9.69 Å². The van der Waals surface area contributed by atoms with Crippen LogP contribution in [-0.2, 0) is 9.53 Å². The number of aliphatic hydroxyl groups excluding tert-OH is 1. The van der Waals surface area contributed by atoms with Crippen molar-refractivity contribution >= 4 is 5.97 Å². The minimum Gasteiger partial charge on any atom is -0.494 e. The first-order valence-electron chi connectivity index (χ1n) is 7.29. The number of carbonyl (C=O) groups excluding carboxylic acids is 1. The molecule has 1 N–H and O–H groups in total. The topological polar surface area (TPSA) is 59.0 Å². The summed E-state index contributed by atoms with van der Waals surface area (Å²) >= 11 is 0. The lowest BCUT2D eigenvalue weighted by Gasteiger charge is -2.21. The predicted molar refractivity (Wildman–Crippen MR) is 79.3 cm³/mol. The van der Waals surface area contributed by atoms with Gasteiger partial charge in [0.1, 0.15) is 11.8 Å². The van der Waals surface area contributed by atoms with Crippen LogP contribution >= 0.6 is 0 Å². The van der Waals surface area contributed by atoms with Crippen molar-refractivity contribution in [2.75, 3.05) is 26.8 Å². The average Bonchev–Trinajstić information content (AvgIpc) is 2.84. The van der Waals surface area contributed by atoms with Gasteiger partial charge in [-0.15, -0.1) is 0 Å². The van der Waals surface area contributed by atoms with E-state index in [1.807, 2.05) is 36.1 Å². The van der Waals surface area contributed by atoms with Gasteiger partial charge >= 0.3 is 5.97 Å². The molecule has 0 saturated carbocycles. The van der Waals surface area contributed by atoms with Gasteiger partial charge in [0.15, 0.2) is 0 Å². The van der Waals surface area contributed by atoms with Gasteiger partial charge in [0.2, 0.25) is 0 Å². The molecule has 2 unspecified atom stereocenters. The van der Waals surface area contributed by atoms with Gasteiger partial charge in [-0.25, -0.2) is 0 Å². The Bertz CT molecular complexity index is 477. The van der Waals surface area contributed by atoms with E-state index in [2.05, 4.69) is 0 Å². The van der Waals surface area contributed by atoms with Crippen LogP contribution < -0.4 is 4.74 Å². The number of carbonyl (C=O) groups is 1. The Hall–Kier alpha value is -1.59. The van der Waals surface area contributed by atoms with E-state index >= 15 is 0 Å². The number of esters is 1. The first-order valence-corrected chi connectivity index (χ1v) is 7.29. The quantitative estimate of drug-likeness (QED) is 0.634. The van der Waals surface area contributed by atoms with Crippen LogP contribution in [0.25, 0.3) is 0 Å². The minimum absolute atomic E-state index is 0.272. The molecule has 0 spiro atoms. The van der Waals surface area contributed by atoms with Crippen molar-refractivity contribution in [3.8, 4) is 5.75 Å². The largest absolute Gasteiger partial charge is 0.494 e. The molecule has 1 saturated heterocycles. The number of hydrogen-bond donors (Lipinski definition) is 1. The second kappa shape index (κ2) is 7.43. The third kappa shape index (κ3) is 4.44. The van der Waals surface area contributed by atoms with Gasteiger partial charge in [-0.2, -0.15) is 0 Å². The van der Waals surface area contributed by atoms with E-state index in [9.17, 15) is 9.90 Å². The molecule has 0 aromatic heterocycles. The summed E-state index contributed by atoms with van der Waals surface area (Å²) in [6, 6.07) is 7.60. The Balaban J connectivity index is 1.76. The van der Waals surface area contributed by atoms with Crippen molar-refractivity contribution in [3.63, 3.8) is 0 Å². The maximum absolute atomic E-state index is 11.7. The fraction of sp³-hybridized carbons (Fsp3) is 0.562. The number of rotatable bonds is 6. The molecule has 21 heavy (non-hydrogen) atoms. The van der Waals surface area contributed by atoms with Gasteiger partial charge in [0.25, 0.3) is 0 Å². The fourth-order valence-electron chi connectivity index (χ4n) is 2.67. The number of likely N-dealkylation sites (tertiary alicyclic amines) is 1. The van der Waals surface area contributed by atoms with Crippen molar-refractivity contribution in [1.29, 1.82) is 0 Å². The number of nitrogens with zero attached hydrogens (tertiary/aromatic N) is 1. The molecule has 1 heterocycles. The summed E-state index contributed by atoms with van der Waals surface area (Å²) < 4.78 is 10.5. The summed E-state index contributed by atoms with van der Waals surface area (Å²) in [4.78, 5) is 13.6. The molecule has 116 valence electrons. The zero-order chi connectivity index (χ0) is 15.2. The Morgan fingerprint density at radius 2 is 2.29 bits per heavy atom. The van der Waals surface area contributed by atoms with Crippen LogP contribution in [0, 0.1) is 6.92 Å². The zero-order valence-electron chi connectivity index (χ0n) is 12.6. The number of β-amino-alcohol motifs (C(OH)–C–C–N with tert-alkyl or cyclic N) is 1. The van der Waals surface area contributed by atoms with Crippen LogP contribution in [0.1, 0.15) is 18.4 Å². The Kier molecular flexibility index (Phi) is 5.59. The van der Waals surface area contributed by atoms with E-state index < -0.39 is 6.10 Å². The normalized spacial score (nSPS) is 22.2. The van der Waals surface area contributed by atoms with Crippen molar-refractivity contribution in [2.45, 2.75) is 31.9 Å². The second-order valence-corrected chi connectivity index (χ2v) is 5.44. The second-order valence-electron chi connectivity index (χ2n) is 5.44. The summed E-state index contributed by atoms with van der Waals surface area (Å²) in [6.07, 6.45) is 0.798. The highest BCUT2D eigenvalue weighted by atomic mass is 16.5. The smallest absolute Gasteiger partial charge is 0.323 e. The molecule has 5 heteroatoms. The van der Waals surface area contributed by atoms with Crippen LogP contribution in [0.3, 0.4) is 0 Å². The lowest BCUT2D eigenvalue weighted by Crippen LogP contribution is -2.37. The molecule has 0 radical (unpaired) electrons. The SMILES string of the molecule is COC(=O)C1CC(O)CN1CCCOc1cccc(C)c1. The molecule has 1 aliphatic rings. The average molecular weight is 293 g/mol. The Morgan fingerprint density at radius 1 is 1.48 bits per heavy atom. The van der Waals surface area contributed by atoms with Crippen LogP contribution in [0.4, 0.5) is 0 Å². The van der Waals surface area contributed by atoms with Crippen LogP contribution in [0.15, 0.2) is 24.3 Å². The maximum atomic E-state index is 11.7. The third-order valence-electron chi connectivity index (χ3n) is 3.70. The Morgan fingerprint density at radius 3 is 3.00 bits per heavy atom. The number of aryl methyl sites for hydroxylation is 1. The zero-order valence-corrected chi connectivity index (χ0v) is 12.6. The maximum Gasteiger partial charge on any atom is 0.323 e. The minimum atomic E-state index is -0.452. The van der Waals surface area contributed by atoms with E-state index in [1.165, 1.54) is 12.7 Å². The molecule has 0 bridgehead atoms. The van der Waals surface area contributed by atoms with Gasteiger partial charge in [-0.05, 0) is 31.0 Å². The monoisotopic (exact) mass is 293 g/mol. The molecule has 2 atom stereocenters. The molecule has 1 aromatic carbocycles. The molecule has 1 fully saturated rings. The molecular formula is C16H23NO4. The van der Waals surface area contributed by atoms with Gasteiger partial charge in [0.05, 0.1) is 19.8 Å². The first kappa shape index (κ1) is 15.8. The highest BCUT2D eigenvalue weighted by Crippen LogP contribution is 2.19. The first-order chi connectivity index (χ1) is 10.1. The molecule has 5 nitrogen and oxygen atoms in total. The van der Waals surface area contributed by atoms with Crippen molar-refractivity contribution in [2.24, 2.45) is 0 Å². The lowest BCUT2D eigenvalue weighted by molar-refractivity contribution is -0.145. The number of benzene rings is 1. The summed E-state index contributed by atoms with van der Waals surface area (Å²) in [5.74, 6) is 0.590. The lowest BCUT2D eigenvalue weighted by atomic mass is 10.2. The molecular weight excluding hydrogens is 270 g/mol. The number of hydrogen-bond acceptors (Lipinski definition) is 5. The third-order valence-corrected chi connectivity index (χ3v) is 3.70. The van der Waals surface area contributed by atoms with Crippen molar-refractivity contribution in [1.82, 2.24) is 4.90 Å². The number of methoxy groups -OCH3 is 1. The Labute approximate surface area is 125 Å². The predicted octanol–water partition coefficient (Wildman–Crippen LogP) is 1.37. The fourth-order valence-corrected chi connectivity index (χ4v) is 2.67. The van der Waals surface area contributed by atoms with E-state index in [0.29, 0.717) is 26.1 Å². The molecule has 1 aliphatic heterocycles. The van der Waals surface area contributed by atoms with Gasteiger partial charge < -0.3 is 14.6 Å². The summed E-state index contributed by atoms with van der Waals surface area (Å²) in [5, 5.41) is 9.70. The van der Waals surface area contributed by atoms with Crippen LogP contribution in [0.2, 0.25) is 0 Å². The van der Waals surface area contributed by atoms with E-state index in [0.717, 1.165) is 12.2 Å². The van der Waals surface area contributed by atoms with E-state index in [4.69, 9.17) is 9.47 Å². The highest BCUT2D eigenvalue weighted by molar-refractivity contribution is 5.76. The standard InChI is InChI=1S/C16H23NO4/c1-12-5-3-6-14(9-12)21-8-4-7-17-11-13(18)10-15(17)16(19)20-2/h3,5-6,9,13,15,18H,4,7-8,10-11H2,1-2H3. The highest BCUT2D eigenvalue weighted by Gasteiger charge is 2.36. The molecule has 0 amide bonds. The summed E-state index contributed by atoms with van der Waals surface area (Å²) in [7, 11) is 1.38. The summed E-state index contributed by atoms with van der Waals surface area (Å²) in [6.45, 7) is 3.84. The molecule has 1 aromatic rings. The van der Waals surface area contributed by atoms with Gasteiger partial charge in [0, 0.05) is 19.5 Å². The number of aliphatic hydroxyl groups is 1. The van der Waals surface area contributed by atoms with Crippen LogP contribution in [0.5, 0.6) is 5.75 Å². The van der Waals surface area contributed by atoms with Crippen molar-refractivity contribution < 1.29 is 19.4 Å². The summed E-state index contributed by atoms with van der Waals surface area (Å²) in [5.41, 5.74) is 1.17. The van der Waals surface area contributed by atoms with E-state index in [1.54, 1.807) is 0 Å². The molecule has 2 rings (SSSR count). The van der Waals surface area contributed by atoms with E-state index in [-0.39, 0.29) is 12.0 Å². The van der Waals surface area contributed by atoms with Crippen molar-refractivity contribution in [3.05, 3.63) is 29.8 Å².